The Hall–Kier alpha value is -1.27. The van der Waals surface area contributed by atoms with E-state index in [0.29, 0.717) is 0 Å². The van der Waals surface area contributed by atoms with Gasteiger partial charge in [0, 0.05) is 10.6 Å². The zero-order valence-electron chi connectivity index (χ0n) is 7.36. The molecule has 0 N–H and O–H groups in total. The summed E-state index contributed by atoms with van der Waals surface area (Å²) in [5.74, 6) is 0. The molecule has 0 spiro atoms. The topological polar surface area (TPSA) is 25.8 Å². The number of rotatable bonds is 1. The lowest BCUT2D eigenvalue weighted by molar-refractivity contribution is 1.30. The van der Waals surface area contributed by atoms with Crippen LogP contribution in [0, 0.1) is 0 Å². The minimum Gasteiger partial charge on any atom is -0.257 e. The van der Waals surface area contributed by atoms with Crippen LogP contribution in [0.25, 0.3) is 11.4 Å². The van der Waals surface area contributed by atoms with E-state index in [-0.39, 0.29) is 0 Å². The Morgan fingerprint density at radius 1 is 0.714 bits per heavy atom. The van der Waals surface area contributed by atoms with Crippen molar-refractivity contribution < 1.29 is 0 Å². The first kappa shape index (κ1) is 9.30. The molecule has 0 amide bonds. The lowest BCUT2D eigenvalue weighted by atomic mass is 10.2. The van der Waals surface area contributed by atoms with Crippen molar-refractivity contribution in [1.82, 2.24) is 9.97 Å². The zero-order chi connectivity index (χ0) is 9.97. The van der Waals surface area contributed by atoms with Gasteiger partial charge in [-0.15, -0.1) is 0 Å². The first-order valence-corrected chi connectivity index (χ1v) is 5.13. The van der Waals surface area contributed by atoms with Gasteiger partial charge in [-0.3, -0.25) is 9.97 Å². The summed E-state index contributed by atoms with van der Waals surface area (Å²) in [6.07, 6.45) is 0. The molecular formula is C10H6N2Si2. The van der Waals surface area contributed by atoms with Gasteiger partial charge in [0.25, 0.3) is 0 Å². The molecule has 0 fully saturated rings. The summed E-state index contributed by atoms with van der Waals surface area (Å²) >= 11 is 0. The van der Waals surface area contributed by atoms with E-state index in [1.54, 1.807) is 0 Å². The average Bonchev–Trinajstić information content (AvgIpc) is 2.18. The fourth-order valence-corrected chi connectivity index (χ4v) is 1.59. The molecule has 0 bridgehead atoms. The molecule has 2 aromatic rings. The molecule has 6 radical (unpaired) electrons. The van der Waals surface area contributed by atoms with Crippen LogP contribution in [0.2, 0.25) is 0 Å². The number of nitrogens with zero attached hydrogens (tertiary/aromatic N) is 2. The number of pyridine rings is 2. The molecule has 64 valence electrons. The van der Waals surface area contributed by atoms with Crippen molar-refractivity contribution in [1.29, 1.82) is 0 Å². The monoisotopic (exact) mass is 210 g/mol. The molecule has 0 aliphatic rings. The maximum atomic E-state index is 4.31. The Morgan fingerprint density at radius 3 is 1.50 bits per heavy atom. The molecule has 0 saturated carbocycles. The minimum atomic E-state index is 0.809. The van der Waals surface area contributed by atoms with Gasteiger partial charge in [0.1, 0.15) is 0 Å². The largest absolute Gasteiger partial charge is 0.257 e. The van der Waals surface area contributed by atoms with Crippen LogP contribution >= 0.6 is 0 Å². The Bertz CT molecular complexity index is 414. The highest BCUT2D eigenvalue weighted by atomic mass is 28.1. The van der Waals surface area contributed by atoms with Gasteiger partial charge >= 0.3 is 0 Å². The smallest absolute Gasteiger partial charge is 0.0995 e. The van der Waals surface area contributed by atoms with Gasteiger partial charge in [-0.2, -0.15) is 0 Å². The van der Waals surface area contributed by atoms with Crippen LogP contribution in [0.4, 0.5) is 0 Å². The van der Waals surface area contributed by atoms with Gasteiger partial charge in [-0.05, 0) is 24.3 Å². The summed E-state index contributed by atoms with van der Waals surface area (Å²) in [6.45, 7) is 0. The van der Waals surface area contributed by atoms with E-state index in [1.165, 1.54) is 0 Å². The Morgan fingerprint density at radius 2 is 1.14 bits per heavy atom. The molecule has 14 heavy (non-hydrogen) atoms. The fraction of sp³-hybridized carbons (Fsp3) is 0. The number of hydrogen-bond donors (Lipinski definition) is 0. The van der Waals surface area contributed by atoms with Crippen LogP contribution in [0.1, 0.15) is 0 Å². The van der Waals surface area contributed by atoms with Crippen molar-refractivity contribution in [3.05, 3.63) is 36.4 Å². The molecule has 0 atom stereocenters. The van der Waals surface area contributed by atoms with Crippen LogP contribution in [-0.4, -0.2) is 30.5 Å². The third-order valence-electron chi connectivity index (χ3n) is 1.76. The van der Waals surface area contributed by atoms with E-state index in [1.807, 2.05) is 36.4 Å². The van der Waals surface area contributed by atoms with E-state index < -0.39 is 0 Å². The highest BCUT2D eigenvalue weighted by molar-refractivity contribution is 6.31. The summed E-state index contributed by atoms with van der Waals surface area (Å²) in [5, 5.41) is 1.62. The van der Waals surface area contributed by atoms with Crippen molar-refractivity contribution in [2.24, 2.45) is 0 Å². The standard InChI is InChI=1S/C10H6N2Si2/c13-9-5-1-3-7(11-9)8-4-2-6-10(14)12-8/h1-6H. The fourth-order valence-electron chi connectivity index (χ4n) is 1.15. The Labute approximate surface area is 89.3 Å². The quantitative estimate of drug-likeness (QED) is 0.606. The molecule has 2 heterocycles. The van der Waals surface area contributed by atoms with Crippen LogP contribution in [-0.2, 0) is 0 Å². The average molecular weight is 210 g/mol. The maximum Gasteiger partial charge on any atom is 0.0995 e. The molecule has 0 aliphatic carbocycles. The highest BCUT2D eigenvalue weighted by Gasteiger charge is 1.99. The maximum absolute atomic E-state index is 4.31. The third-order valence-corrected chi connectivity index (χ3v) is 2.32. The second kappa shape index (κ2) is 3.85. The van der Waals surface area contributed by atoms with Crippen LogP contribution in [0.15, 0.2) is 36.4 Å². The first-order valence-electron chi connectivity index (χ1n) is 4.13. The van der Waals surface area contributed by atoms with Crippen molar-refractivity contribution in [2.75, 3.05) is 0 Å². The lowest BCUT2D eigenvalue weighted by Crippen LogP contribution is -2.11. The van der Waals surface area contributed by atoms with Crippen molar-refractivity contribution in [2.45, 2.75) is 0 Å². The van der Waals surface area contributed by atoms with Gasteiger partial charge < -0.3 is 0 Å². The normalized spacial score (nSPS) is 10.1. The predicted octanol–water partition coefficient (Wildman–Crippen LogP) is -0.269. The second-order valence-corrected chi connectivity index (χ2v) is 3.84. The third kappa shape index (κ3) is 1.97. The van der Waals surface area contributed by atoms with E-state index in [0.717, 1.165) is 22.0 Å². The summed E-state index contributed by atoms with van der Waals surface area (Å²) in [6, 6.07) is 11.5. The molecule has 0 aliphatic heterocycles. The molecule has 4 heteroatoms. The predicted molar refractivity (Wildman–Crippen MR) is 58.2 cm³/mol. The summed E-state index contributed by atoms with van der Waals surface area (Å²) in [5.41, 5.74) is 1.72. The molecule has 2 aromatic heterocycles. The Kier molecular flexibility index (Phi) is 2.56. The number of hydrogen-bond acceptors (Lipinski definition) is 2. The molecule has 2 nitrogen and oxygen atoms in total. The molecular weight excluding hydrogens is 204 g/mol. The first-order chi connectivity index (χ1) is 6.75. The zero-order valence-corrected chi connectivity index (χ0v) is 9.36. The van der Waals surface area contributed by atoms with E-state index >= 15 is 0 Å². The Balaban J connectivity index is 2.49. The summed E-state index contributed by atoms with van der Waals surface area (Å²) in [7, 11) is 6.75. The second-order valence-electron chi connectivity index (χ2n) is 2.82. The van der Waals surface area contributed by atoms with Crippen molar-refractivity contribution in [3.8, 4) is 11.4 Å². The van der Waals surface area contributed by atoms with E-state index in [2.05, 4.69) is 30.5 Å². The van der Waals surface area contributed by atoms with Crippen molar-refractivity contribution >= 4 is 31.1 Å². The van der Waals surface area contributed by atoms with E-state index in [9.17, 15) is 0 Å². The SMILES string of the molecule is [Si]c1cccc(-c2cccc([Si])n2)n1. The van der Waals surface area contributed by atoms with Gasteiger partial charge in [-0.25, -0.2) is 0 Å². The molecule has 2 rings (SSSR count). The molecule has 0 saturated heterocycles. The molecule has 0 aromatic carbocycles. The lowest BCUT2D eigenvalue weighted by Gasteiger charge is -2.01. The summed E-state index contributed by atoms with van der Waals surface area (Å²) in [4.78, 5) is 8.63. The van der Waals surface area contributed by atoms with Crippen LogP contribution in [0.3, 0.4) is 0 Å². The van der Waals surface area contributed by atoms with Gasteiger partial charge in [0.05, 0.1) is 31.9 Å². The number of aromatic nitrogens is 2. The minimum absolute atomic E-state index is 0.809. The van der Waals surface area contributed by atoms with Gasteiger partial charge in [-0.1, -0.05) is 12.1 Å². The van der Waals surface area contributed by atoms with Crippen LogP contribution < -0.4 is 10.6 Å². The molecule has 0 unspecified atom stereocenters. The summed E-state index contributed by atoms with van der Waals surface area (Å²) < 4.78 is 0. The van der Waals surface area contributed by atoms with Crippen molar-refractivity contribution in [3.63, 3.8) is 0 Å². The van der Waals surface area contributed by atoms with Crippen LogP contribution in [0.5, 0.6) is 0 Å². The van der Waals surface area contributed by atoms with E-state index in [4.69, 9.17) is 0 Å². The highest BCUT2D eigenvalue weighted by Crippen LogP contribution is 2.09. The van der Waals surface area contributed by atoms with Gasteiger partial charge in [0.15, 0.2) is 0 Å². The van der Waals surface area contributed by atoms with Gasteiger partial charge in [0.2, 0.25) is 0 Å².